The first kappa shape index (κ1) is 28.6. The molecule has 0 aromatic heterocycles. The van der Waals surface area contributed by atoms with Gasteiger partial charge in [-0.15, -0.1) is 0 Å². The van der Waals surface area contributed by atoms with Gasteiger partial charge < -0.3 is 4.90 Å². The van der Waals surface area contributed by atoms with E-state index in [1.54, 1.807) is 0 Å². The number of carbonyl (C=O) groups is 1. The lowest BCUT2D eigenvalue weighted by Crippen LogP contribution is -2.53. The van der Waals surface area contributed by atoms with Gasteiger partial charge in [0.25, 0.3) is 0 Å². The average molecular weight is 527 g/mol. The molecule has 1 aliphatic heterocycles. The molecular weight excluding hydrogens is 493 g/mol. The van der Waals surface area contributed by atoms with Crippen molar-refractivity contribution in [3.05, 3.63) is 29.8 Å². The molecule has 0 unspecified atom stereocenters. The molecule has 1 heterocycles. The number of likely N-dealkylation sites (tertiary alicyclic amines) is 1. The van der Waals surface area contributed by atoms with Crippen LogP contribution in [0.2, 0.25) is 0 Å². The Morgan fingerprint density at radius 1 is 1.12 bits per heavy atom. The van der Waals surface area contributed by atoms with Gasteiger partial charge in [-0.05, 0) is 63.1 Å². The molecule has 1 fully saturated rings. The third kappa shape index (κ3) is 6.72. The van der Waals surface area contributed by atoms with Gasteiger partial charge in [0.05, 0.1) is 21.5 Å². The summed E-state index contributed by atoms with van der Waals surface area (Å²) in [5.74, 6) is -0.698. The monoisotopic (exact) mass is 526 g/mol. The molecule has 1 aliphatic rings. The minimum atomic E-state index is -4.66. The number of carbonyl (C=O) groups excluding carboxylic acids is 1. The minimum Gasteiger partial charge on any atom is -0.341 e. The quantitative estimate of drug-likeness (QED) is 0.559. The zero-order valence-electron chi connectivity index (χ0n) is 20.0. The van der Waals surface area contributed by atoms with Gasteiger partial charge in [0, 0.05) is 13.1 Å². The number of sulfone groups is 1. The molecule has 1 saturated heterocycles. The summed E-state index contributed by atoms with van der Waals surface area (Å²) in [5, 5.41) is 0. The molecule has 1 aromatic rings. The predicted octanol–water partition coefficient (Wildman–Crippen LogP) is 3.46. The molecule has 1 aromatic carbocycles. The molecule has 12 heteroatoms. The maximum atomic E-state index is 13.3. The first-order valence-corrected chi connectivity index (χ1v) is 14.4. The Morgan fingerprint density at radius 3 is 2.15 bits per heavy atom. The van der Waals surface area contributed by atoms with Crippen molar-refractivity contribution in [2.24, 2.45) is 11.8 Å². The lowest BCUT2D eigenvalue weighted by atomic mass is 9.85. The van der Waals surface area contributed by atoms with Gasteiger partial charge in [0.2, 0.25) is 15.9 Å². The molecule has 1 amide bonds. The van der Waals surface area contributed by atoms with E-state index in [2.05, 4.69) is 4.72 Å². The van der Waals surface area contributed by atoms with E-state index in [0.717, 1.165) is 18.4 Å². The molecular formula is C22H33F3N2O5S2. The zero-order valence-corrected chi connectivity index (χ0v) is 21.6. The fourth-order valence-corrected chi connectivity index (χ4v) is 6.84. The van der Waals surface area contributed by atoms with Crippen LogP contribution in [0.5, 0.6) is 0 Å². The van der Waals surface area contributed by atoms with Crippen molar-refractivity contribution in [1.82, 2.24) is 9.62 Å². The highest BCUT2D eigenvalue weighted by atomic mass is 32.2. The average Bonchev–Trinajstić information content (AvgIpc) is 2.71. The van der Waals surface area contributed by atoms with Crippen molar-refractivity contribution in [2.75, 3.05) is 19.3 Å². The van der Waals surface area contributed by atoms with Gasteiger partial charge in [-0.2, -0.15) is 13.2 Å². The standard InChI is InChI=1S/C22H33F3N2O5S2/c1-15(2)13-19(26-33(5,29)30)20(28)27-11-9-16(10-12-27)21(3,4)34(31,32)18-8-6-7-17(14-18)22(23,24)25/h6-8,14-16,19,26H,9-13H2,1-5H3/t19-/m0/s1. The van der Waals surface area contributed by atoms with Crippen LogP contribution in [-0.4, -0.2) is 57.8 Å². The fourth-order valence-electron chi connectivity index (χ4n) is 4.31. The Morgan fingerprint density at radius 2 is 1.68 bits per heavy atom. The summed E-state index contributed by atoms with van der Waals surface area (Å²) >= 11 is 0. The summed E-state index contributed by atoms with van der Waals surface area (Å²) in [7, 11) is -7.72. The topological polar surface area (TPSA) is 101 Å². The van der Waals surface area contributed by atoms with Crippen molar-refractivity contribution in [3.8, 4) is 0 Å². The van der Waals surface area contributed by atoms with E-state index in [4.69, 9.17) is 0 Å². The van der Waals surface area contributed by atoms with Crippen molar-refractivity contribution in [3.63, 3.8) is 0 Å². The first-order chi connectivity index (χ1) is 15.4. The summed E-state index contributed by atoms with van der Waals surface area (Å²) in [4.78, 5) is 14.1. The normalized spacial score (nSPS) is 17.7. The van der Waals surface area contributed by atoms with E-state index in [-0.39, 0.29) is 29.8 Å². The van der Waals surface area contributed by atoms with Crippen LogP contribution in [0.3, 0.4) is 0 Å². The molecule has 0 bridgehead atoms. The molecule has 2 rings (SSSR count). The Balaban J connectivity index is 2.19. The minimum absolute atomic E-state index is 0.0669. The molecule has 7 nitrogen and oxygen atoms in total. The van der Waals surface area contributed by atoms with Crippen LogP contribution in [0.25, 0.3) is 0 Å². The summed E-state index contributed by atoms with van der Waals surface area (Å²) in [6.07, 6.45) is -2.70. The van der Waals surface area contributed by atoms with Crippen LogP contribution in [0.15, 0.2) is 29.2 Å². The second-order valence-electron chi connectivity index (χ2n) is 9.80. The predicted molar refractivity (Wildman–Crippen MR) is 123 cm³/mol. The van der Waals surface area contributed by atoms with E-state index in [0.29, 0.717) is 25.3 Å². The summed E-state index contributed by atoms with van der Waals surface area (Å²) < 4.78 is 90.3. The maximum Gasteiger partial charge on any atom is 0.416 e. The fraction of sp³-hybridized carbons (Fsp3) is 0.682. The van der Waals surface area contributed by atoms with Gasteiger partial charge in [-0.1, -0.05) is 19.9 Å². The van der Waals surface area contributed by atoms with Crippen LogP contribution < -0.4 is 4.72 Å². The molecule has 1 N–H and O–H groups in total. The SMILES string of the molecule is CC(C)C[C@H](NS(C)(=O)=O)C(=O)N1CCC(C(C)(C)S(=O)(=O)c2cccc(C(F)(F)F)c2)CC1. The number of amides is 1. The summed E-state index contributed by atoms with van der Waals surface area (Å²) in [5.41, 5.74) is -1.03. The van der Waals surface area contributed by atoms with Gasteiger partial charge >= 0.3 is 6.18 Å². The number of sulfonamides is 1. The highest BCUT2D eigenvalue weighted by Gasteiger charge is 2.45. The molecule has 34 heavy (non-hydrogen) atoms. The van der Waals surface area contributed by atoms with Gasteiger partial charge in [-0.25, -0.2) is 21.6 Å². The second-order valence-corrected chi connectivity index (χ2v) is 14.1. The number of piperidine rings is 1. The molecule has 0 radical (unpaired) electrons. The summed E-state index contributed by atoms with van der Waals surface area (Å²) in [6, 6.07) is 2.82. The number of nitrogens with zero attached hydrogens (tertiary/aromatic N) is 1. The number of benzene rings is 1. The third-order valence-electron chi connectivity index (χ3n) is 6.32. The largest absolute Gasteiger partial charge is 0.416 e. The van der Waals surface area contributed by atoms with Gasteiger partial charge in [-0.3, -0.25) is 4.79 Å². The number of alkyl halides is 3. The van der Waals surface area contributed by atoms with Crippen molar-refractivity contribution < 1.29 is 34.8 Å². The smallest absolute Gasteiger partial charge is 0.341 e. The third-order valence-corrected chi connectivity index (χ3v) is 9.62. The van der Waals surface area contributed by atoms with Crippen LogP contribution in [-0.2, 0) is 30.8 Å². The molecule has 0 spiro atoms. The number of nitrogens with one attached hydrogen (secondary N) is 1. The second kappa shape index (κ2) is 10.1. The summed E-state index contributed by atoms with van der Waals surface area (Å²) in [6.45, 7) is 7.19. The lowest BCUT2D eigenvalue weighted by Gasteiger charge is -2.41. The van der Waals surface area contributed by atoms with Crippen molar-refractivity contribution >= 4 is 25.8 Å². The number of halogens is 3. The van der Waals surface area contributed by atoms with Crippen LogP contribution in [0.1, 0.15) is 52.5 Å². The zero-order chi connectivity index (χ0) is 26.1. The Labute approximate surface area is 200 Å². The maximum absolute atomic E-state index is 13.3. The van der Waals surface area contributed by atoms with E-state index in [1.807, 2.05) is 13.8 Å². The van der Waals surface area contributed by atoms with Crippen molar-refractivity contribution in [1.29, 1.82) is 0 Å². The van der Waals surface area contributed by atoms with Crippen LogP contribution in [0, 0.1) is 11.8 Å². The first-order valence-electron chi connectivity index (χ1n) is 11.0. The Kier molecular flexibility index (Phi) is 8.52. The number of hydrogen-bond donors (Lipinski definition) is 1. The van der Waals surface area contributed by atoms with E-state index >= 15 is 0 Å². The van der Waals surface area contributed by atoms with Gasteiger partial charge in [0.15, 0.2) is 9.84 Å². The van der Waals surface area contributed by atoms with Crippen molar-refractivity contribution in [2.45, 2.75) is 68.8 Å². The van der Waals surface area contributed by atoms with E-state index in [1.165, 1.54) is 24.8 Å². The highest BCUT2D eigenvalue weighted by Crippen LogP contribution is 2.39. The molecule has 0 aliphatic carbocycles. The van der Waals surface area contributed by atoms with E-state index in [9.17, 15) is 34.8 Å². The number of rotatable bonds is 8. The Bertz CT molecular complexity index is 1090. The van der Waals surface area contributed by atoms with Crippen LogP contribution >= 0.6 is 0 Å². The van der Waals surface area contributed by atoms with E-state index < -0.39 is 48.3 Å². The van der Waals surface area contributed by atoms with Gasteiger partial charge in [0.1, 0.15) is 6.04 Å². The lowest BCUT2D eigenvalue weighted by molar-refractivity contribution is -0.137. The molecule has 194 valence electrons. The number of hydrogen-bond acceptors (Lipinski definition) is 5. The molecule has 1 atom stereocenters. The highest BCUT2D eigenvalue weighted by molar-refractivity contribution is 7.92. The van der Waals surface area contributed by atoms with Crippen LogP contribution in [0.4, 0.5) is 13.2 Å². The Hall–Kier alpha value is -1.66. The molecule has 0 saturated carbocycles.